The summed E-state index contributed by atoms with van der Waals surface area (Å²) in [5.74, 6) is 1.46. The average Bonchev–Trinajstić information content (AvgIpc) is 3.43. The maximum atomic E-state index is 14.3. The Morgan fingerprint density at radius 3 is 2.60 bits per heavy atom. The third kappa shape index (κ3) is 6.99. The summed E-state index contributed by atoms with van der Waals surface area (Å²) in [6.07, 6.45) is 4.11. The summed E-state index contributed by atoms with van der Waals surface area (Å²) in [7, 11) is 1.61. The van der Waals surface area contributed by atoms with Crippen molar-refractivity contribution in [2.45, 2.75) is 24.5 Å². The van der Waals surface area contributed by atoms with Crippen molar-refractivity contribution in [2.24, 2.45) is 4.99 Å². The van der Waals surface area contributed by atoms with Crippen molar-refractivity contribution in [2.75, 3.05) is 46.6 Å². The molecule has 1 saturated heterocycles. The summed E-state index contributed by atoms with van der Waals surface area (Å²) in [6.45, 7) is 2.74. The first kappa shape index (κ1) is 29.3. The lowest BCUT2D eigenvalue weighted by Crippen LogP contribution is -2.56. The standard InChI is InChI=1S/C33H37N3O6/c1-39-29-12-5-11-27(24-29)30-33(17-6-10-25-8-3-2-4-9-25,32(38)35-36-18-22-40-23-19-36)34-31(42-30)26-13-15-28(16-14-26)41-21-7-20-37/h2-6,8-16,24,30,37H,7,17-23H2,1H3,(H,35,38)/b10-6+/t30-,33-/m0/s1. The number of carbonyl (C=O) groups is 1. The van der Waals surface area contributed by atoms with Gasteiger partial charge in [-0.3, -0.25) is 10.2 Å². The number of ether oxygens (including phenoxy) is 4. The van der Waals surface area contributed by atoms with E-state index < -0.39 is 11.6 Å². The van der Waals surface area contributed by atoms with Crippen LogP contribution in [0.5, 0.6) is 11.5 Å². The molecule has 0 saturated carbocycles. The number of amides is 1. The highest BCUT2D eigenvalue weighted by molar-refractivity contribution is 6.01. The molecule has 0 unspecified atom stereocenters. The number of aliphatic hydroxyl groups is 1. The number of morpholine rings is 1. The zero-order valence-electron chi connectivity index (χ0n) is 23.8. The predicted octanol–water partition coefficient (Wildman–Crippen LogP) is 4.18. The van der Waals surface area contributed by atoms with Crippen molar-refractivity contribution in [3.8, 4) is 11.5 Å². The van der Waals surface area contributed by atoms with Crippen LogP contribution in [0.3, 0.4) is 0 Å². The van der Waals surface area contributed by atoms with E-state index in [9.17, 15) is 4.79 Å². The van der Waals surface area contributed by atoms with Gasteiger partial charge in [0.1, 0.15) is 11.5 Å². The number of methoxy groups -OCH3 is 1. The van der Waals surface area contributed by atoms with Gasteiger partial charge in [-0.25, -0.2) is 10.0 Å². The summed E-state index contributed by atoms with van der Waals surface area (Å²) in [4.78, 5) is 19.4. The van der Waals surface area contributed by atoms with Gasteiger partial charge >= 0.3 is 0 Å². The molecule has 0 aromatic heterocycles. The Morgan fingerprint density at radius 2 is 1.86 bits per heavy atom. The highest BCUT2D eigenvalue weighted by Gasteiger charge is 2.53. The minimum atomic E-state index is -1.30. The van der Waals surface area contributed by atoms with Crippen LogP contribution in [0.15, 0.2) is 89.9 Å². The van der Waals surface area contributed by atoms with E-state index in [1.807, 2.05) is 96.0 Å². The van der Waals surface area contributed by atoms with Crippen molar-refractivity contribution < 1.29 is 28.8 Å². The lowest BCUT2D eigenvalue weighted by atomic mass is 9.84. The van der Waals surface area contributed by atoms with Gasteiger partial charge in [0, 0.05) is 38.1 Å². The van der Waals surface area contributed by atoms with Gasteiger partial charge in [0.2, 0.25) is 5.90 Å². The molecule has 0 aliphatic carbocycles. The van der Waals surface area contributed by atoms with E-state index in [1.54, 1.807) is 7.11 Å². The minimum Gasteiger partial charge on any atom is -0.497 e. The first-order valence-corrected chi connectivity index (χ1v) is 14.2. The van der Waals surface area contributed by atoms with E-state index >= 15 is 0 Å². The van der Waals surface area contributed by atoms with Gasteiger partial charge in [-0.1, -0.05) is 54.6 Å². The van der Waals surface area contributed by atoms with Crippen LogP contribution in [0.4, 0.5) is 0 Å². The number of hydrogen-bond donors (Lipinski definition) is 2. The molecule has 2 atom stereocenters. The van der Waals surface area contributed by atoms with E-state index in [0.29, 0.717) is 63.1 Å². The summed E-state index contributed by atoms with van der Waals surface area (Å²) in [5, 5.41) is 10.9. The van der Waals surface area contributed by atoms with E-state index in [0.717, 1.165) is 16.7 Å². The summed E-state index contributed by atoms with van der Waals surface area (Å²) in [6, 6.07) is 24.9. The maximum Gasteiger partial charge on any atom is 0.266 e. The molecule has 3 aromatic rings. The second-order valence-electron chi connectivity index (χ2n) is 10.1. The molecule has 2 heterocycles. The Labute approximate surface area is 246 Å². The van der Waals surface area contributed by atoms with Gasteiger partial charge in [0.05, 0.1) is 26.9 Å². The third-order valence-corrected chi connectivity index (χ3v) is 7.24. The Kier molecular flexibility index (Phi) is 9.86. The highest BCUT2D eigenvalue weighted by Crippen LogP contribution is 2.43. The molecule has 2 aliphatic heterocycles. The topological polar surface area (TPSA) is 102 Å². The fourth-order valence-corrected chi connectivity index (χ4v) is 4.97. The van der Waals surface area contributed by atoms with Crippen molar-refractivity contribution in [3.05, 3.63) is 102 Å². The number of nitrogens with one attached hydrogen (secondary N) is 1. The normalized spacial score (nSPS) is 20.6. The van der Waals surface area contributed by atoms with E-state index in [-0.39, 0.29) is 12.5 Å². The zero-order valence-corrected chi connectivity index (χ0v) is 23.8. The molecule has 9 nitrogen and oxygen atoms in total. The first-order valence-electron chi connectivity index (χ1n) is 14.2. The molecular formula is C33H37N3O6. The number of benzene rings is 3. The van der Waals surface area contributed by atoms with Crippen molar-refractivity contribution >= 4 is 17.9 Å². The Balaban J connectivity index is 1.53. The Morgan fingerprint density at radius 1 is 1.07 bits per heavy atom. The molecule has 2 N–H and O–H groups in total. The number of aliphatic imine (C=N–C) groups is 1. The van der Waals surface area contributed by atoms with Gasteiger partial charge in [-0.2, -0.15) is 0 Å². The van der Waals surface area contributed by atoms with Crippen molar-refractivity contribution in [3.63, 3.8) is 0 Å². The molecular weight excluding hydrogens is 534 g/mol. The van der Waals surface area contributed by atoms with Gasteiger partial charge in [0.25, 0.3) is 5.91 Å². The molecule has 42 heavy (non-hydrogen) atoms. The van der Waals surface area contributed by atoms with E-state index in [4.69, 9.17) is 29.0 Å². The molecule has 220 valence electrons. The van der Waals surface area contributed by atoms with Crippen LogP contribution in [-0.2, 0) is 14.3 Å². The third-order valence-electron chi connectivity index (χ3n) is 7.24. The van der Waals surface area contributed by atoms with Crippen LogP contribution < -0.4 is 14.9 Å². The molecule has 9 heteroatoms. The van der Waals surface area contributed by atoms with E-state index in [2.05, 4.69) is 5.43 Å². The SMILES string of the molecule is COc1cccc([C@@H]2OC(c3ccc(OCCCO)cc3)=N[C@]2(C/C=C/c2ccccc2)C(=O)NN2CCOCC2)c1. The summed E-state index contributed by atoms with van der Waals surface area (Å²) >= 11 is 0. The van der Waals surface area contributed by atoms with Gasteiger partial charge in [0.15, 0.2) is 11.6 Å². The van der Waals surface area contributed by atoms with Crippen LogP contribution in [0.2, 0.25) is 0 Å². The van der Waals surface area contributed by atoms with Crippen LogP contribution in [-0.4, -0.2) is 74.1 Å². The number of hydrogen-bond acceptors (Lipinski definition) is 8. The Hall–Kier alpha value is -4.18. The minimum absolute atomic E-state index is 0.0711. The molecule has 0 spiro atoms. The quantitative estimate of drug-likeness (QED) is 0.315. The number of aliphatic hydroxyl groups excluding tert-OH is 1. The second kappa shape index (κ2) is 14.1. The van der Waals surface area contributed by atoms with Crippen LogP contribution in [0, 0.1) is 0 Å². The average molecular weight is 572 g/mol. The summed E-state index contributed by atoms with van der Waals surface area (Å²) < 4.78 is 23.3. The number of hydrazine groups is 1. The number of carbonyl (C=O) groups excluding carboxylic acids is 1. The Bertz CT molecular complexity index is 1370. The lowest BCUT2D eigenvalue weighted by molar-refractivity contribution is -0.136. The fourth-order valence-electron chi connectivity index (χ4n) is 4.97. The molecule has 3 aromatic carbocycles. The van der Waals surface area contributed by atoms with Gasteiger partial charge < -0.3 is 24.1 Å². The van der Waals surface area contributed by atoms with Crippen LogP contribution in [0.1, 0.15) is 35.6 Å². The largest absolute Gasteiger partial charge is 0.497 e. The van der Waals surface area contributed by atoms with Gasteiger partial charge in [-0.15, -0.1) is 0 Å². The zero-order chi connectivity index (χ0) is 29.2. The first-order chi connectivity index (χ1) is 20.6. The van der Waals surface area contributed by atoms with Crippen molar-refractivity contribution in [1.82, 2.24) is 10.4 Å². The number of nitrogens with zero attached hydrogens (tertiary/aromatic N) is 2. The van der Waals surface area contributed by atoms with E-state index in [1.165, 1.54) is 0 Å². The molecule has 0 bridgehead atoms. The maximum absolute atomic E-state index is 14.3. The molecule has 0 radical (unpaired) electrons. The molecule has 1 fully saturated rings. The van der Waals surface area contributed by atoms with Crippen LogP contribution >= 0.6 is 0 Å². The lowest BCUT2D eigenvalue weighted by Gasteiger charge is -2.34. The molecule has 1 amide bonds. The monoisotopic (exact) mass is 571 g/mol. The molecule has 5 rings (SSSR count). The number of rotatable bonds is 12. The fraction of sp³-hybridized carbons (Fsp3) is 0.333. The van der Waals surface area contributed by atoms with Gasteiger partial charge in [-0.05, 0) is 47.5 Å². The second-order valence-corrected chi connectivity index (χ2v) is 10.1. The van der Waals surface area contributed by atoms with Crippen molar-refractivity contribution in [1.29, 1.82) is 0 Å². The highest BCUT2D eigenvalue weighted by atomic mass is 16.5. The smallest absolute Gasteiger partial charge is 0.266 e. The summed E-state index contributed by atoms with van der Waals surface area (Å²) in [5.41, 5.74) is 4.34. The predicted molar refractivity (Wildman–Crippen MR) is 160 cm³/mol. The molecule has 2 aliphatic rings. The van der Waals surface area contributed by atoms with Crippen LogP contribution in [0.25, 0.3) is 6.08 Å².